The van der Waals surface area contributed by atoms with E-state index in [-0.39, 0.29) is 5.91 Å². The van der Waals surface area contributed by atoms with Crippen LogP contribution in [0.4, 0.5) is 0 Å². The predicted molar refractivity (Wildman–Crippen MR) is 68.1 cm³/mol. The first-order valence-corrected chi connectivity index (χ1v) is 6.20. The highest BCUT2D eigenvalue weighted by Gasteiger charge is 2.24. The Morgan fingerprint density at radius 1 is 1.28 bits per heavy atom. The number of benzene rings is 1. The molecule has 4 nitrogen and oxygen atoms in total. The first-order chi connectivity index (χ1) is 8.83. The third-order valence-electron chi connectivity index (χ3n) is 3.06. The van der Waals surface area contributed by atoms with Gasteiger partial charge < -0.3 is 5.32 Å². The second-order valence-corrected chi connectivity index (χ2v) is 4.58. The minimum Gasteiger partial charge on any atom is -0.347 e. The van der Waals surface area contributed by atoms with Gasteiger partial charge in [0.05, 0.1) is 6.04 Å². The Morgan fingerprint density at radius 2 is 2.06 bits per heavy atom. The maximum atomic E-state index is 11.9. The zero-order valence-electron chi connectivity index (χ0n) is 10.0. The van der Waals surface area contributed by atoms with E-state index in [9.17, 15) is 4.79 Å². The minimum absolute atomic E-state index is 0.113. The smallest absolute Gasteiger partial charge is 0.272 e. The van der Waals surface area contributed by atoms with Crippen molar-refractivity contribution in [3.63, 3.8) is 0 Å². The summed E-state index contributed by atoms with van der Waals surface area (Å²) in [6, 6.07) is 12.2. The van der Waals surface area contributed by atoms with Crippen molar-refractivity contribution in [1.29, 1.82) is 0 Å². The van der Waals surface area contributed by atoms with Crippen LogP contribution in [0.2, 0.25) is 0 Å². The molecule has 1 aliphatic rings. The summed E-state index contributed by atoms with van der Waals surface area (Å²) in [4.78, 5) is 11.9. The number of carbonyl (C=O) groups is 1. The van der Waals surface area contributed by atoms with Crippen LogP contribution in [0, 0.1) is 0 Å². The monoisotopic (exact) mass is 241 g/mol. The number of rotatable bonds is 4. The lowest BCUT2D eigenvalue weighted by molar-refractivity contribution is 0.0945. The maximum absolute atomic E-state index is 11.9. The SMILES string of the molecule is O=C(NCc1ccccc1)c1ccn(C2CC2)n1. The molecular formula is C14H15N3O. The van der Waals surface area contributed by atoms with Gasteiger partial charge in [-0.1, -0.05) is 30.3 Å². The Morgan fingerprint density at radius 3 is 2.78 bits per heavy atom. The summed E-state index contributed by atoms with van der Waals surface area (Å²) in [5, 5.41) is 7.16. The number of nitrogens with zero attached hydrogens (tertiary/aromatic N) is 2. The predicted octanol–water partition coefficient (Wildman–Crippen LogP) is 2.15. The molecule has 3 rings (SSSR count). The van der Waals surface area contributed by atoms with Crippen LogP contribution in [0.3, 0.4) is 0 Å². The first kappa shape index (κ1) is 11.0. The summed E-state index contributed by atoms with van der Waals surface area (Å²) in [7, 11) is 0. The van der Waals surface area contributed by atoms with E-state index in [1.54, 1.807) is 6.07 Å². The van der Waals surface area contributed by atoms with Gasteiger partial charge in [-0.05, 0) is 24.5 Å². The van der Waals surface area contributed by atoms with Crippen molar-refractivity contribution < 1.29 is 4.79 Å². The van der Waals surface area contributed by atoms with Crippen LogP contribution in [0.15, 0.2) is 42.6 Å². The van der Waals surface area contributed by atoms with E-state index in [0.717, 1.165) is 5.56 Å². The van der Waals surface area contributed by atoms with Crippen molar-refractivity contribution in [2.75, 3.05) is 0 Å². The van der Waals surface area contributed by atoms with Gasteiger partial charge in [-0.15, -0.1) is 0 Å². The second kappa shape index (κ2) is 4.64. The molecule has 4 heteroatoms. The summed E-state index contributed by atoms with van der Waals surface area (Å²) in [6.45, 7) is 0.538. The van der Waals surface area contributed by atoms with Crippen LogP contribution in [0.1, 0.15) is 34.9 Å². The average Bonchev–Trinajstić information content (AvgIpc) is 3.15. The fourth-order valence-electron chi connectivity index (χ4n) is 1.87. The van der Waals surface area contributed by atoms with Gasteiger partial charge in [0.2, 0.25) is 0 Å². The molecule has 1 aromatic heterocycles. The Hall–Kier alpha value is -2.10. The number of hydrogen-bond acceptors (Lipinski definition) is 2. The van der Waals surface area contributed by atoms with Gasteiger partial charge in [0.1, 0.15) is 5.69 Å². The van der Waals surface area contributed by atoms with E-state index in [4.69, 9.17) is 0 Å². The number of hydrogen-bond donors (Lipinski definition) is 1. The fraction of sp³-hybridized carbons (Fsp3) is 0.286. The van der Waals surface area contributed by atoms with Gasteiger partial charge in [-0.2, -0.15) is 5.10 Å². The summed E-state index contributed by atoms with van der Waals surface area (Å²) in [5.41, 5.74) is 1.59. The summed E-state index contributed by atoms with van der Waals surface area (Å²) < 4.78 is 1.89. The van der Waals surface area contributed by atoms with Crippen molar-refractivity contribution in [2.24, 2.45) is 0 Å². The van der Waals surface area contributed by atoms with E-state index in [0.29, 0.717) is 18.3 Å². The standard InChI is InChI=1S/C14H15N3O/c18-14(15-10-11-4-2-1-3-5-11)13-8-9-17(16-13)12-6-7-12/h1-5,8-9,12H,6-7,10H2,(H,15,18). The number of aromatic nitrogens is 2. The van der Waals surface area contributed by atoms with Crippen molar-refractivity contribution >= 4 is 5.91 Å². The van der Waals surface area contributed by atoms with Gasteiger partial charge in [-0.3, -0.25) is 9.48 Å². The van der Waals surface area contributed by atoms with Crippen LogP contribution >= 0.6 is 0 Å². The molecule has 1 fully saturated rings. The van der Waals surface area contributed by atoms with E-state index < -0.39 is 0 Å². The molecule has 18 heavy (non-hydrogen) atoms. The number of nitrogens with one attached hydrogen (secondary N) is 1. The molecule has 1 amide bonds. The lowest BCUT2D eigenvalue weighted by atomic mass is 10.2. The van der Waals surface area contributed by atoms with Gasteiger partial charge >= 0.3 is 0 Å². The summed E-state index contributed by atoms with van der Waals surface area (Å²) in [6.07, 6.45) is 4.23. The molecule has 1 saturated carbocycles. The lowest BCUT2D eigenvalue weighted by Crippen LogP contribution is -2.23. The molecule has 0 radical (unpaired) electrons. The highest BCUT2D eigenvalue weighted by molar-refractivity contribution is 5.92. The molecule has 0 saturated heterocycles. The molecule has 1 aromatic carbocycles. The van der Waals surface area contributed by atoms with Crippen LogP contribution in [0.5, 0.6) is 0 Å². The maximum Gasteiger partial charge on any atom is 0.272 e. The topological polar surface area (TPSA) is 46.9 Å². The Bertz CT molecular complexity index is 543. The highest BCUT2D eigenvalue weighted by atomic mass is 16.1. The normalized spacial score (nSPS) is 14.4. The Labute approximate surface area is 106 Å². The van der Waals surface area contributed by atoms with Crippen LogP contribution in [-0.4, -0.2) is 15.7 Å². The molecule has 1 heterocycles. The largest absolute Gasteiger partial charge is 0.347 e. The molecule has 1 N–H and O–H groups in total. The number of carbonyl (C=O) groups excluding carboxylic acids is 1. The molecule has 92 valence electrons. The molecule has 0 aliphatic heterocycles. The van der Waals surface area contributed by atoms with Gasteiger partial charge in [0.25, 0.3) is 5.91 Å². The summed E-state index contributed by atoms with van der Waals surface area (Å²) >= 11 is 0. The Kier molecular flexibility index (Phi) is 2.84. The molecule has 0 unspecified atom stereocenters. The van der Waals surface area contributed by atoms with E-state index in [2.05, 4.69) is 10.4 Å². The third kappa shape index (κ3) is 2.42. The van der Waals surface area contributed by atoms with E-state index in [1.807, 2.05) is 41.2 Å². The molecule has 1 aliphatic carbocycles. The lowest BCUT2D eigenvalue weighted by Gasteiger charge is -2.03. The van der Waals surface area contributed by atoms with Gasteiger partial charge in [-0.25, -0.2) is 0 Å². The zero-order chi connectivity index (χ0) is 12.4. The van der Waals surface area contributed by atoms with Crippen molar-refractivity contribution in [1.82, 2.24) is 15.1 Å². The first-order valence-electron chi connectivity index (χ1n) is 6.20. The molecule has 2 aromatic rings. The molecule has 0 atom stereocenters. The quantitative estimate of drug-likeness (QED) is 0.891. The van der Waals surface area contributed by atoms with Gasteiger partial charge in [0, 0.05) is 12.7 Å². The average molecular weight is 241 g/mol. The van der Waals surface area contributed by atoms with E-state index >= 15 is 0 Å². The van der Waals surface area contributed by atoms with Crippen molar-refractivity contribution in [3.05, 3.63) is 53.9 Å². The third-order valence-corrected chi connectivity index (χ3v) is 3.06. The summed E-state index contributed by atoms with van der Waals surface area (Å²) in [5.74, 6) is -0.113. The second-order valence-electron chi connectivity index (χ2n) is 4.58. The molecule has 0 bridgehead atoms. The van der Waals surface area contributed by atoms with Crippen LogP contribution in [0.25, 0.3) is 0 Å². The van der Waals surface area contributed by atoms with Crippen molar-refractivity contribution in [2.45, 2.75) is 25.4 Å². The van der Waals surface area contributed by atoms with E-state index in [1.165, 1.54) is 12.8 Å². The molecular weight excluding hydrogens is 226 g/mol. The van der Waals surface area contributed by atoms with Crippen LogP contribution in [-0.2, 0) is 6.54 Å². The minimum atomic E-state index is -0.113. The molecule has 0 spiro atoms. The van der Waals surface area contributed by atoms with Crippen LogP contribution < -0.4 is 5.32 Å². The zero-order valence-corrected chi connectivity index (χ0v) is 10.0. The van der Waals surface area contributed by atoms with Crippen molar-refractivity contribution in [3.8, 4) is 0 Å². The number of amides is 1. The highest BCUT2D eigenvalue weighted by Crippen LogP contribution is 2.33. The fourth-order valence-corrected chi connectivity index (χ4v) is 1.87. The Balaban J connectivity index is 1.60. The van der Waals surface area contributed by atoms with Gasteiger partial charge in [0.15, 0.2) is 0 Å².